The molecule has 0 aliphatic carbocycles. The predicted molar refractivity (Wildman–Crippen MR) is 63.0 cm³/mol. The summed E-state index contributed by atoms with van der Waals surface area (Å²) in [6.07, 6.45) is 0. The van der Waals surface area contributed by atoms with Crippen LogP contribution in [0.2, 0.25) is 0 Å². The molecule has 1 heterocycles. The van der Waals surface area contributed by atoms with Crippen molar-refractivity contribution in [1.29, 1.82) is 0 Å². The van der Waals surface area contributed by atoms with E-state index in [9.17, 15) is 8.42 Å². The van der Waals surface area contributed by atoms with Gasteiger partial charge in [0.2, 0.25) is 10.0 Å². The molecule has 1 aromatic rings. The Morgan fingerprint density at radius 3 is 2.41 bits per heavy atom. The molecule has 1 aromatic heterocycles. The van der Waals surface area contributed by atoms with Gasteiger partial charge in [-0.05, 0) is 27.7 Å². The lowest BCUT2D eigenvalue weighted by Crippen LogP contribution is -2.36. The third kappa shape index (κ3) is 3.05. The predicted octanol–water partition coefficient (Wildman–Crippen LogP) is 0.653. The Balaban J connectivity index is 2.91. The Hall–Kier alpha value is -0.920. The molecule has 0 bridgehead atoms. The van der Waals surface area contributed by atoms with E-state index in [1.165, 1.54) is 6.92 Å². The first-order chi connectivity index (χ1) is 7.79. The average molecular weight is 262 g/mol. The molecule has 0 aromatic carbocycles. The van der Waals surface area contributed by atoms with E-state index < -0.39 is 27.9 Å². The molecule has 2 atom stereocenters. The van der Waals surface area contributed by atoms with Crippen LogP contribution in [0.4, 0.5) is 0 Å². The number of aliphatic hydroxyl groups is 1. The van der Waals surface area contributed by atoms with Crippen LogP contribution in [0.25, 0.3) is 0 Å². The van der Waals surface area contributed by atoms with Crippen molar-refractivity contribution in [1.82, 2.24) is 9.88 Å². The number of hydrogen-bond acceptors (Lipinski definition) is 5. The maximum absolute atomic E-state index is 11.8. The Bertz CT molecular complexity index is 461. The zero-order valence-corrected chi connectivity index (χ0v) is 11.2. The van der Waals surface area contributed by atoms with Gasteiger partial charge in [0.05, 0.1) is 17.6 Å². The second-order valence-electron chi connectivity index (χ2n) is 4.12. The molecule has 0 aliphatic rings. The van der Waals surface area contributed by atoms with Crippen molar-refractivity contribution >= 4 is 10.0 Å². The SMILES string of the molecule is Cc1noc(C)c1C(C)NS(=O)(=O)C(C)CO. The number of nitrogens with one attached hydrogen (secondary N) is 1. The summed E-state index contributed by atoms with van der Waals surface area (Å²) in [7, 11) is -3.54. The zero-order valence-electron chi connectivity index (χ0n) is 10.4. The minimum Gasteiger partial charge on any atom is -0.395 e. The topological polar surface area (TPSA) is 92.4 Å². The molecule has 6 nitrogen and oxygen atoms in total. The van der Waals surface area contributed by atoms with Gasteiger partial charge in [0.25, 0.3) is 0 Å². The van der Waals surface area contributed by atoms with Gasteiger partial charge in [-0.1, -0.05) is 5.16 Å². The van der Waals surface area contributed by atoms with E-state index in [1.54, 1.807) is 20.8 Å². The van der Waals surface area contributed by atoms with E-state index in [0.717, 1.165) is 5.56 Å². The standard InChI is InChI=1S/C10H18N2O4S/c1-6(5-13)17(14,15)12-8(3)10-7(2)11-16-9(10)4/h6,8,12-13H,5H2,1-4H3. The minimum atomic E-state index is -3.54. The first-order valence-electron chi connectivity index (χ1n) is 5.34. The second-order valence-corrected chi connectivity index (χ2v) is 6.25. The molecule has 2 unspecified atom stereocenters. The highest BCUT2D eigenvalue weighted by molar-refractivity contribution is 7.90. The van der Waals surface area contributed by atoms with Crippen molar-refractivity contribution < 1.29 is 18.0 Å². The van der Waals surface area contributed by atoms with Crippen LogP contribution in [0.1, 0.15) is 36.9 Å². The van der Waals surface area contributed by atoms with Crippen LogP contribution < -0.4 is 4.72 Å². The summed E-state index contributed by atoms with van der Waals surface area (Å²) in [5, 5.41) is 11.8. The lowest BCUT2D eigenvalue weighted by atomic mass is 10.1. The molecular weight excluding hydrogens is 244 g/mol. The monoisotopic (exact) mass is 262 g/mol. The first kappa shape index (κ1) is 14.1. The zero-order chi connectivity index (χ0) is 13.2. The van der Waals surface area contributed by atoms with Gasteiger partial charge in [0.1, 0.15) is 5.76 Å². The van der Waals surface area contributed by atoms with Crippen molar-refractivity contribution in [3.05, 3.63) is 17.0 Å². The van der Waals surface area contributed by atoms with E-state index in [0.29, 0.717) is 11.5 Å². The number of aryl methyl sites for hydroxylation is 2. The molecule has 0 radical (unpaired) electrons. The molecule has 7 heteroatoms. The molecule has 0 spiro atoms. The summed E-state index contributed by atoms with van der Waals surface area (Å²) < 4.78 is 31.0. The quantitative estimate of drug-likeness (QED) is 0.813. The molecule has 2 N–H and O–H groups in total. The molecule has 0 aliphatic heterocycles. The van der Waals surface area contributed by atoms with E-state index in [1.807, 2.05) is 0 Å². The summed E-state index contributed by atoms with van der Waals surface area (Å²) in [5.41, 5.74) is 1.40. The number of nitrogens with zero attached hydrogens (tertiary/aromatic N) is 1. The maximum Gasteiger partial charge on any atom is 0.217 e. The van der Waals surface area contributed by atoms with Crippen LogP contribution >= 0.6 is 0 Å². The Kier molecular flexibility index (Phi) is 4.29. The van der Waals surface area contributed by atoms with Crippen LogP contribution in [0.3, 0.4) is 0 Å². The van der Waals surface area contributed by atoms with Gasteiger partial charge in [-0.2, -0.15) is 0 Å². The van der Waals surface area contributed by atoms with Crippen LogP contribution in [-0.4, -0.2) is 30.5 Å². The van der Waals surface area contributed by atoms with Gasteiger partial charge in [0.15, 0.2) is 0 Å². The van der Waals surface area contributed by atoms with E-state index in [4.69, 9.17) is 9.63 Å². The number of rotatable bonds is 5. The molecule has 17 heavy (non-hydrogen) atoms. The average Bonchev–Trinajstić information content (AvgIpc) is 2.56. The van der Waals surface area contributed by atoms with E-state index >= 15 is 0 Å². The number of aliphatic hydroxyl groups excluding tert-OH is 1. The molecule has 1 rings (SSSR count). The minimum absolute atomic E-state index is 0.413. The highest BCUT2D eigenvalue weighted by atomic mass is 32.2. The van der Waals surface area contributed by atoms with E-state index in [2.05, 4.69) is 9.88 Å². The van der Waals surface area contributed by atoms with Crippen molar-refractivity contribution in [3.63, 3.8) is 0 Å². The van der Waals surface area contributed by atoms with Crippen LogP contribution in [-0.2, 0) is 10.0 Å². The molecule has 0 saturated heterocycles. The first-order valence-corrected chi connectivity index (χ1v) is 6.89. The molecule has 0 amide bonds. The van der Waals surface area contributed by atoms with Gasteiger partial charge in [-0.3, -0.25) is 0 Å². The smallest absolute Gasteiger partial charge is 0.217 e. The third-order valence-electron chi connectivity index (χ3n) is 2.65. The summed E-state index contributed by atoms with van der Waals surface area (Å²) in [6.45, 7) is 6.24. The maximum atomic E-state index is 11.8. The second kappa shape index (κ2) is 5.16. The fourth-order valence-corrected chi connectivity index (χ4v) is 2.67. The van der Waals surface area contributed by atoms with Crippen molar-refractivity contribution in [2.45, 2.75) is 39.0 Å². The number of aromatic nitrogens is 1. The van der Waals surface area contributed by atoms with Crippen LogP contribution in [0, 0.1) is 13.8 Å². The summed E-state index contributed by atoms with van der Waals surface area (Å²) >= 11 is 0. The fraction of sp³-hybridized carbons (Fsp3) is 0.700. The lowest BCUT2D eigenvalue weighted by Gasteiger charge is -2.17. The Labute approximate surface area is 101 Å². The van der Waals surface area contributed by atoms with Crippen molar-refractivity contribution in [3.8, 4) is 0 Å². The molecule has 0 saturated carbocycles. The highest BCUT2D eigenvalue weighted by Gasteiger charge is 2.25. The van der Waals surface area contributed by atoms with Gasteiger partial charge >= 0.3 is 0 Å². The van der Waals surface area contributed by atoms with Gasteiger partial charge in [0, 0.05) is 11.6 Å². The Morgan fingerprint density at radius 2 is 2.00 bits per heavy atom. The summed E-state index contributed by atoms with van der Waals surface area (Å²) in [6, 6.07) is -0.430. The van der Waals surface area contributed by atoms with Crippen LogP contribution in [0.5, 0.6) is 0 Å². The Morgan fingerprint density at radius 1 is 1.41 bits per heavy atom. The van der Waals surface area contributed by atoms with Gasteiger partial charge in [-0.25, -0.2) is 13.1 Å². The van der Waals surface area contributed by atoms with Crippen molar-refractivity contribution in [2.75, 3.05) is 6.61 Å². The van der Waals surface area contributed by atoms with Crippen molar-refractivity contribution in [2.24, 2.45) is 0 Å². The summed E-state index contributed by atoms with van der Waals surface area (Å²) in [5.74, 6) is 0.592. The largest absolute Gasteiger partial charge is 0.395 e. The normalized spacial score (nSPS) is 15.8. The fourth-order valence-electron chi connectivity index (χ4n) is 1.63. The lowest BCUT2D eigenvalue weighted by molar-refractivity contribution is 0.294. The molecule has 98 valence electrons. The van der Waals surface area contributed by atoms with E-state index in [-0.39, 0.29) is 0 Å². The third-order valence-corrected chi connectivity index (χ3v) is 4.54. The number of sulfonamides is 1. The van der Waals surface area contributed by atoms with Gasteiger partial charge < -0.3 is 9.63 Å². The number of hydrogen-bond donors (Lipinski definition) is 2. The molecule has 0 fully saturated rings. The highest BCUT2D eigenvalue weighted by Crippen LogP contribution is 2.22. The molecular formula is C10H18N2O4S. The summed E-state index contributed by atoms with van der Waals surface area (Å²) in [4.78, 5) is 0. The van der Waals surface area contributed by atoms with Gasteiger partial charge in [-0.15, -0.1) is 0 Å². The van der Waals surface area contributed by atoms with Crippen LogP contribution in [0.15, 0.2) is 4.52 Å².